The number of aliphatic hydroxyl groups excluding tert-OH is 1. The summed E-state index contributed by atoms with van der Waals surface area (Å²) < 4.78 is 14.0. The van der Waals surface area contributed by atoms with Crippen LogP contribution in [0.25, 0.3) is 0 Å². The highest BCUT2D eigenvalue weighted by molar-refractivity contribution is 9.10. The normalized spacial score (nSPS) is 13.0. The van der Waals surface area contributed by atoms with Gasteiger partial charge in [0.15, 0.2) is 0 Å². The summed E-state index contributed by atoms with van der Waals surface area (Å²) in [7, 11) is 0. The average Bonchev–Trinajstić information content (AvgIpc) is 2.35. The van der Waals surface area contributed by atoms with Gasteiger partial charge in [-0.3, -0.25) is 0 Å². The summed E-state index contributed by atoms with van der Waals surface area (Å²) in [6, 6.07) is 4.57. The smallest absolute Gasteiger partial charge is 0.123 e. The van der Waals surface area contributed by atoms with Gasteiger partial charge in [-0.1, -0.05) is 29.8 Å². The Hall–Kier alpha value is -0.450. The lowest BCUT2D eigenvalue weighted by Gasteiger charge is -2.20. The molecular formula is C14H21BrFNO. The van der Waals surface area contributed by atoms with Gasteiger partial charge in [0.25, 0.3) is 0 Å². The van der Waals surface area contributed by atoms with E-state index in [4.69, 9.17) is 0 Å². The van der Waals surface area contributed by atoms with Gasteiger partial charge in [0.05, 0.1) is 6.10 Å². The molecule has 1 rings (SSSR count). The van der Waals surface area contributed by atoms with Crippen LogP contribution in [0.4, 0.5) is 4.39 Å². The average molecular weight is 318 g/mol. The number of hydrogen-bond acceptors (Lipinski definition) is 2. The minimum absolute atomic E-state index is 0.260. The summed E-state index contributed by atoms with van der Waals surface area (Å²) in [5.41, 5.74) is 0.821. The first-order valence-corrected chi connectivity index (χ1v) is 7.20. The lowest BCUT2D eigenvalue weighted by Crippen LogP contribution is -2.27. The minimum Gasteiger partial charge on any atom is -0.393 e. The molecule has 2 nitrogen and oxygen atoms in total. The second-order valence-electron chi connectivity index (χ2n) is 4.41. The molecule has 1 aromatic carbocycles. The van der Waals surface area contributed by atoms with Crippen LogP contribution < -0.4 is 0 Å². The van der Waals surface area contributed by atoms with E-state index in [0.29, 0.717) is 12.8 Å². The number of hydrogen-bond donors (Lipinski definition) is 1. The maximum absolute atomic E-state index is 13.1. The summed E-state index contributed by atoms with van der Waals surface area (Å²) in [5.74, 6) is -0.260. The number of benzene rings is 1. The predicted molar refractivity (Wildman–Crippen MR) is 76.2 cm³/mol. The van der Waals surface area contributed by atoms with Gasteiger partial charge in [0.1, 0.15) is 5.82 Å². The topological polar surface area (TPSA) is 23.5 Å². The van der Waals surface area contributed by atoms with Gasteiger partial charge in [-0.2, -0.15) is 0 Å². The standard InChI is InChI=1S/C14H21BrFNO/c1-3-17(4-2)8-7-13(18)10-11-9-12(16)5-6-14(11)15/h5-6,9,13,18H,3-4,7-8,10H2,1-2H3. The molecule has 0 aliphatic carbocycles. The van der Waals surface area contributed by atoms with Crippen molar-refractivity contribution in [1.29, 1.82) is 0 Å². The molecule has 1 N–H and O–H groups in total. The molecule has 18 heavy (non-hydrogen) atoms. The van der Waals surface area contributed by atoms with Crippen molar-refractivity contribution >= 4 is 15.9 Å². The largest absolute Gasteiger partial charge is 0.393 e. The molecule has 0 aliphatic heterocycles. The summed E-state index contributed by atoms with van der Waals surface area (Å²) in [6.45, 7) is 7.08. The van der Waals surface area contributed by atoms with E-state index in [9.17, 15) is 9.50 Å². The van der Waals surface area contributed by atoms with Crippen LogP contribution >= 0.6 is 15.9 Å². The zero-order valence-corrected chi connectivity index (χ0v) is 12.6. The summed E-state index contributed by atoms with van der Waals surface area (Å²) >= 11 is 3.38. The number of aliphatic hydroxyl groups is 1. The van der Waals surface area contributed by atoms with Crippen molar-refractivity contribution in [1.82, 2.24) is 4.90 Å². The van der Waals surface area contributed by atoms with Crippen LogP contribution in [0, 0.1) is 5.82 Å². The van der Waals surface area contributed by atoms with Gasteiger partial charge in [0.2, 0.25) is 0 Å². The number of halogens is 2. The first kappa shape index (κ1) is 15.6. The summed E-state index contributed by atoms with van der Waals surface area (Å²) in [4.78, 5) is 2.27. The van der Waals surface area contributed by atoms with Crippen LogP contribution in [-0.2, 0) is 6.42 Å². The maximum Gasteiger partial charge on any atom is 0.123 e. The first-order chi connectivity index (χ1) is 8.56. The molecule has 1 unspecified atom stereocenters. The molecule has 0 radical (unpaired) electrons. The van der Waals surface area contributed by atoms with Crippen molar-refractivity contribution in [3.8, 4) is 0 Å². The lowest BCUT2D eigenvalue weighted by molar-refractivity contribution is 0.143. The highest BCUT2D eigenvalue weighted by Gasteiger charge is 2.10. The quantitative estimate of drug-likeness (QED) is 0.834. The van der Waals surface area contributed by atoms with Gasteiger partial charge >= 0.3 is 0 Å². The van der Waals surface area contributed by atoms with E-state index in [1.807, 2.05) is 0 Å². The second kappa shape index (κ2) is 7.87. The number of nitrogens with zero attached hydrogens (tertiary/aromatic N) is 1. The summed E-state index contributed by atoms with van der Waals surface area (Å²) in [6.07, 6.45) is 0.772. The first-order valence-electron chi connectivity index (χ1n) is 6.41. The van der Waals surface area contributed by atoms with Gasteiger partial charge < -0.3 is 10.0 Å². The molecule has 1 aromatic rings. The Morgan fingerprint density at radius 1 is 1.33 bits per heavy atom. The van der Waals surface area contributed by atoms with Crippen LogP contribution in [0.1, 0.15) is 25.8 Å². The summed E-state index contributed by atoms with van der Waals surface area (Å²) in [5, 5.41) is 9.99. The molecule has 0 saturated heterocycles. The molecule has 4 heteroatoms. The molecular weight excluding hydrogens is 297 g/mol. The fourth-order valence-corrected chi connectivity index (χ4v) is 2.34. The second-order valence-corrected chi connectivity index (χ2v) is 5.26. The van der Waals surface area contributed by atoms with E-state index < -0.39 is 6.10 Å². The predicted octanol–water partition coefficient (Wildman–Crippen LogP) is 3.22. The Bertz CT molecular complexity index is 369. The fourth-order valence-electron chi connectivity index (χ4n) is 1.93. The van der Waals surface area contributed by atoms with Crippen LogP contribution in [0.3, 0.4) is 0 Å². The van der Waals surface area contributed by atoms with Crippen molar-refractivity contribution in [2.24, 2.45) is 0 Å². The van der Waals surface area contributed by atoms with E-state index in [0.717, 1.165) is 29.7 Å². The van der Waals surface area contributed by atoms with Crippen LogP contribution in [-0.4, -0.2) is 35.7 Å². The molecule has 0 saturated carbocycles. The molecule has 0 aliphatic rings. The van der Waals surface area contributed by atoms with Crippen molar-refractivity contribution in [3.63, 3.8) is 0 Å². The lowest BCUT2D eigenvalue weighted by atomic mass is 10.1. The third-order valence-electron chi connectivity index (χ3n) is 3.14. The molecule has 0 bridgehead atoms. The SMILES string of the molecule is CCN(CC)CCC(O)Cc1cc(F)ccc1Br. The zero-order valence-electron chi connectivity index (χ0n) is 11.0. The van der Waals surface area contributed by atoms with E-state index in [1.54, 1.807) is 6.07 Å². The molecule has 0 fully saturated rings. The highest BCUT2D eigenvalue weighted by atomic mass is 79.9. The van der Waals surface area contributed by atoms with Crippen molar-refractivity contribution in [3.05, 3.63) is 34.1 Å². The Kier molecular flexibility index (Phi) is 6.82. The fraction of sp³-hybridized carbons (Fsp3) is 0.571. The monoisotopic (exact) mass is 317 g/mol. The Morgan fingerprint density at radius 3 is 2.61 bits per heavy atom. The van der Waals surface area contributed by atoms with Gasteiger partial charge in [-0.25, -0.2) is 4.39 Å². The van der Waals surface area contributed by atoms with E-state index in [1.165, 1.54) is 12.1 Å². The maximum atomic E-state index is 13.1. The van der Waals surface area contributed by atoms with Crippen molar-refractivity contribution < 1.29 is 9.50 Å². The Morgan fingerprint density at radius 2 is 2.00 bits per heavy atom. The zero-order chi connectivity index (χ0) is 13.5. The van der Waals surface area contributed by atoms with Gasteiger partial charge in [0, 0.05) is 11.0 Å². The molecule has 0 heterocycles. The van der Waals surface area contributed by atoms with E-state index in [2.05, 4.69) is 34.7 Å². The Labute approximate surface area is 117 Å². The van der Waals surface area contributed by atoms with Gasteiger partial charge in [-0.15, -0.1) is 0 Å². The molecule has 0 amide bonds. The molecule has 102 valence electrons. The van der Waals surface area contributed by atoms with E-state index >= 15 is 0 Å². The molecule has 0 aromatic heterocycles. The minimum atomic E-state index is -0.427. The third-order valence-corrected chi connectivity index (χ3v) is 3.91. The van der Waals surface area contributed by atoms with Crippen LogP contribution in [0.2, 0.25) is 0 Å². The van der Waals surface area contributed by atoms with Crippen LogP contribution in [0.5, 0.6) is 0 Å². The van der Waals surface area contributed by atoms with Crippen molar-refractivity contribution in [2.45, 2.75) is 32.8 Å². The van der Waals surface area contributed by atoms with Gasteiger partial charge in [-0.05, 0) is 49.7 Å². The van der Waals surface area contributed by atoms with Crippen LogP contribution in [0.15, 0.2) is 22.7 Å². The molecule has 0 spiro atoms. The van der Waals surface area contributed by atoms with E-state index in [-0.39, 0.29) is 5.82 Å². The highest BCUT2D eigenvalue weighted by Crippen LogP contribution is 2.20. The third kappa shape index (κ3) is 5.04. The Balaban J connectivity index is 2.48. The number of rotatable bonds is 7. The molecule has 1 atom stereocenters. The van der Waals surface area contributed by atoms with Crippen molar-refractivity contribution in [2.75, 3.05) is 19.6 Å².